The Morgan fingerprint density at radius 1 is 1.61 bits per heavy atom. The second kappa shape index (κ2) is 4.55. The van der Waals surface area contributed by atoms with Gasteiger partial charge in [0.05, 0.1) is 5.56 Å². The van der Waals surface area contributed by atoms with Crippen LogP contribution in [-0.2, 0) is 0 Å². The predicted octanol–water partition coefficient (Wildman–Crippen LogP) is 1.97. The largest absolute Gasteiger partial charge is 0.381 e. The number of amides is 1. The smallest absolute Gasteiger partial charge is 0.254 e. The van der Waals surface area contributed by atoms with E-state index in [1.165, 1.54) is 12.3 Å². The van der Waals surface area contributed by atoms with Crippen molar-refractivity contribution in [3.8, 4) is 0 Å². The maximum absolute atomic E-state index is 13.6. The summed E-state index contributed by atoms with van der Waals surface area (Å²) in [6, 6.07) is 1.34. The molecule has 0 saturated heterocycles. The van der Waals surface area contributed by atoms with Crippen LogP contribution in [0.5, 0.6) is 0 Å². The van der Waals surface area contributed by atoms with Crippen molar-refractivity contribution in [1.29, 1.82) is 0 Å². The number of nitrogens with zero attached hydrogens (tertiary/aromatic N) is 1. The Morgan fingerprint density at radius 2 is 2.28 bits per heavy atom. The summed E-state index contributed by atoms with van der Waals surface area (Å²) in [7, 11) is 0. The van der Waals surface area contributed by atoms with Gasteiger partial charge < -0.3 is 11.1 Å². The van der Waals surface area contributed by atoms with E-state index < -0.39 is 11.7 Å². The molecule has 98 valence electrons. The van der Waals surface area contributed by atoms with Gasteiger partial charge in [-0.3, -0.25) is 4.79 Å². The van der Waals surface area contributed by atoms with Crippen LogP contribution in [0.1, 0.15) is 37.0 Å². The average Bonchev–Trinajstić information content (AvgIpc) is 3.11. The van der Waals surface area contributed by atoms with Gasteiger partial charge in [0.15, 0.2) is 11.6 Å². The highest BCUT2D eigenvalue weighted by atomic mass is 19.1. The number of carbonyl (C=O) groups excluding carboxylic acids is 1. The van der Waals surface area contributed by atoms with Gasteiger partial charge in [0.2, 0.25) is 0 Å². The number of nitrogens with two attached hydrogens (primary N) is 1. The summed E-state index contributed by atoms with van der Waals surface area (Å²) >= 11 is 0. The molecule has 0 aromatic carbocycles. The van der Waals surface area contributed by atoms with E-state index in [-0.39, 0.29) is 16.8 Å². The molecule has 4 nitrogen and oxygen atoms in total. The van der Waals surface area contributed by atoms with E-state index in [0.717, 1.165) is 12.8 Å². The second-order valence-corrected chi connectivity index (χ2v) is 5.26. The zero-order valence-corrected chi connectivity index (χ0v) is 10.7. The fraction of sp³-hybridized carbons (Fsp3) is 0.538. The highest BCUT2D eigenvalue weighted by Gasteiger charge is 2.45. The molecule has 1 aliphatic carbocycles. The summed E-state index contributed by atoms with van der Waals surface area (Å²) in [6.45, 7) is 4.87. The standard InChI is InChI=1S/C13H18FN3O/c1-8(2)13(4-5-13)7-17-12(18)9-3-6-16-11(15)10(9)14/h3,6,8H,4-5,7H2,1-2H3,(H2,15,16)(H,17,18). The molecule has 1 amide bonds. The van der Waals surface area contributed by atoms with E-state index >= 15 is 0 Å². The summed E-state index contributed by atoms with van der Waals surface area (Å²) in [5.41, 5.74) is 5.49. The lowest BCUT2D eigenvalue weighted by Crippen LogP contribution is -2.33. The maximum atomic E-state index is 13.6. The van der Waals surface area contributed by atoms with Crippen LogP contribution in [0.3, 0.4) is 0 Å². The Kier molecular flexibility index (Phi) is 3.24. The summed E-state index contributed by atoms with van der Waals surface area (Å²) < 4.78 is 13.6. The van der Waals surface area contributed by atoms with Gasteiger partial charge in [-0.05, 0) is 30.2 Å². The molecular weight excluding hydrogens is 233 g/mol. The molecule has 1 aromatic rings. The lowest BCUT2D eigenvalue weighted by molar-refractivity contribution is 0.0935. The lowest BCUT2D eigenvalue weighted by Gasteiger charge is -2.20. The van der Waals surface area contributed by atoms with Gasteiger partial charge in [-0.25, -0.2) is 9.37 Å². The van der Waals surface area contributed by atoms with E-state index in [4.69, 9.17) is 5.73 Å². The fourth-order valence-electron chi connectivity index (χ4n) is 2.11. The van der Waals surface area contributed by atoms with Crippen LogP contribution in [0.15, 0.2) is 12.3 Å². The van der Waals surface area contributed by atoms with Crippen molar-refractivity contribution in [1.82, 2.24) is 10.3 Å². The molecule has 0 radical (unpaired) electrons. The van der Waals surface area contributed by atoms with Crippen LogP contribution < -0.4 is 11.1 Å². The summed E-state index contributed by atoms with van der Waals surface area (Å²) in [5, 5.41) is 2.79. The average molecular weight is 251 g/mol. The molecule has 2 rings (SSSR count). The van der Waals surface area contributed by atoms with Crippen LogP contribution >= 0.6 is 0 Å². The fourth-order valence-corrected chi connectivity index (χ4v) is 2.11. The Morgan fingerprint density at radius 3 is 2.83 bits per heavy atom. The molecule has 1 heterocycles. The minimum atomic E-state index is -0.746. The van der Waals surface area contributed by atoms with Gasteiger partial charge >= 0.3 is 0 Å². The van der Waals surface area contributed by atoms with Crippen LogP contribution in [0.2, 0.25) is 0 Å². The monoisotopic (exact) mass is 251 g/mol. The van der Waals surface area contributed by atoms with Gasteiger partial charge in [0.1, 0.15) is 0 Å². The van der Waals surface area contributed by atoms with Crippen molar-refractivity contribution in [2.24, 2.45) is 11.3 Å². The molecule has 0 unspecified atom stereocenters. The first-order valence-corrected chi connectivity index (χ1v) is 6.14. The van der Waals surface area contributed by atoms with Crippen molar-refractivity contribution in [3.63, 3.8) is 0 Å². The zero-order valence-electron chi connectivity index (χ0n) is 10.7. The highest BCUT2D eigenvalue weighted by molar-refractivity contribution is 5.95. The van der Waals surface area contributed by atoms with Crippen molar-refractivity contribution in [2.75, 3.05) is 12.3 Å². The Hall–Kier alpha value is -1.65. The summed E-state index contributed by atoms with van der Waals surface area (Å²) in [6.07, 6.45) is 3.57. The topological polar surface area (TPSA) is 68.0 Å². The van der Waals surface area contributed by atoms with Gasteiger partial charge in [0.25, 0.3) is 5.91 Å². The quantitative estimate of drug-likeness (QED) is 0.859. The third-order valence-electron chi connectivity index (χ3n) is 3.88. The number of nitrogen functional groups attached to an aromatic ring is 1. The minimum Gasteiger partial charge on any atom is -0.381 e. The molecule has 1 fully saturated rings. The molecular formula is C13H18FN3O. The summed E-state index contributed by atoms with van der Waals surface area (Å²) in [4.78, 5) is 15.5. The van der Waals surface area contributed by atoms with E-state index in [0.29, 0.717) is 12.5 Å². The summed E-state index contributed by atoms with van der Waals surface area (Å²) in [5.74, 6) is -0.893. The van der Waals surface area contributed by atoms with Crippen LogP contribution in [0, 0.1) is 17.2 Å². The van der Waals surface area contributed by atoms with Crippen molar-refractivity contribution in [2.45, 2.75) is 26.7 Å². The third-order valence-corrected chi connectivity index (χ3v) is 3.88. The number of nitrogens with one attached hydrogen (secondary N) is 1. The number of anilines is 1. The highest BCUT2D eigenvalue weighted by Crippen LogP contribution is 2.51. The Bertz CT molecular complexity index is 469. The van der Waals surface area contributed by atoms with Crippen molar-refractivity contribution in [3.05, 3.63) is 23.6 Å². The number of aromatic nitrogens is 1. The third kappa shape index (κ3) is 2.30. The first-order valence-electron chi connectivity index (χ1n) is 6.14. The molecule has 1 aliphatic rings. The zero-order chi connectivity index (χ0) is 13.3. The lowest BCUT2D eigenvalue weighted by atomic mass is 9.92. The van der Waals surface area contributed by atoms with Crippen LogP contribution in [-0.4, -0.2) is 17.4 Å². The normalized spacial score (nSPS) is 16.7. The number of pyridine rings is 1. The predicted molar refractivity (Wildman–Crippen MR) is 67.4 cm³/mol. The van der Waals surface area contributed by atoms with Gasteiger partial charge in [-0.1, -0.05) is 13.8 Å². The molecule has 3 N–H and O–H groups in total. The molecule has 5 heteroatoms. The number of hydrogen-bond donors (Lipinski definition) is 2. The number of rotatable bonds is 4. The van der Waals surface area contributed by atoms with E-state index in [1.54, 1.807) is 0 Å². The SMILES string of the molecule is CC(C)C1(CNC(=O)c2ccnc(N)c2F)CC1. The minimum absolute atomic E-state index is 0.0398. The molecule has 0 atom stereocenters. The molecule has 0 spiro atoms. The molecule has 0 bridgehead atoms. The van der Waals surface area contributed by atoms with E-state index in [1.807, 2.05) is 0 Å². The van der Waals surface area contributed by atoms with E-state index in [2.05, 4.69) is 24.1 Å². The molecule has 1 aromatic heterocycles. The Labute approximate surface area is 106 Å². The maximum Gasteiger partial charge on any atom is 0.254 e. The number of halogens is 1. The van der Waals surface area contributed by atoms with Crippen molar-refractivity contribution < 1.29 is 9.18 Å². The van der Waals surface area contributed by atoms with Gasteiger partial charge in [0, 0.05) is 12.7 Å². The number of hydrogen-bond acceptors (Lipinski definition) is 3. The van der Waals surface area contributed by atoms with Gasteiger partial charge in [-0.15, -0.1) is 0 Å². The number of carbonyl (C=O) groups is 1. The first-order chi connectivity index (χ1) is 8.46. The molecule has 1 saturated carbocycles. The van der Waals surface area contributed by atoms with Crippen LogP contribution in [0.25, 0.3) is 0 Å². The molecule has 0 aliphatic heterocycles. The Balaban J connectivity index is 2.03. The van der Waals surface area contributed by atoms with Gasteiger partial charge in [-0.2, -0.15) is 0 Å². The second-order valence-electron chi connectivity index (χ2n) is 5.26. The van der Waals surface area contributed by atoms with E-state index in [9.17, 15) is 9.18 Å². The first kappa shape index (κ1) is 12.8. The molecule has 18 heavy (non-hydrogen) atoms. The van der Waals surface area contributed by atoms with Crippen molar-refractivity contribution >= 4 is 11.7 Å². The van der Waals surface area contributed by atoms with Crippen LogP contribution in [0.4, 0.5) is 10.2 Å².